The summed E-state index contributed by atoms with van der Waals surface area (Å²) < 4.78 is 28.1. The minimum atomic E-state index is -1.87. The van der Waals surface area contributed by atoms with Gasteiger partial charge in [0.05, 0.1) is 17.9 Å². The molecule has 10 atom stereocenters. The largest absolute Gasteiger partial charge is 0.508 e. The Morgan fingerprint density at radius 1 is 0.778 bits per heavy atom. The second kappa shape index (κ2) is 12.4. The minimum Gasteiger partial charge on any atom is -0.508 e. The first-order valence-corrected chi connectivity index (χ1v) is 13.9. The topological polar surface area (TPSA) is 243 Å². The lowest BCUT2D eigenvalue weighted by Gasteiger charge is -2.40. The maximum Gasteiger partial charge on any atom is 0.239 e. The van der Waals surface area contributed by atoms with Crippen molar-refractivity contribution in [3.8, 4) is 34.3 Å². The molecule has 5 rings (SSSR count). The van der Waals surface area contributed by atoms with Gasteiger partial charge in [0, 0.05) is 17.7 Å². The standard InChI is InChI=1S/C30H32O15/c1-10(31)18-19(11(2)32)28(40)45-29(23(18)37)44-27-22(36)20-16(34)8-15(42-30-25(39)24(38)21(35)12(3)41-30)9-17(20)43-26(27)13-4-6-14(33)7-5-13/h4-9,12,18-19,21,23-25,28-30,33-35,37-40H,1-3H3. The van der Waals surface area contributed by atoms with E-state index in [-0.39, 0.29) is 28.4 Å². The van der Waals surface area contributed by atoms with Crippen molar-refractivity contribution in [3.63, 3.8) is 0 Å². The van der Waals surface area contributed by atoms with E-state index in [1.165, 1.54) is 37.3 Å². The summed E-state index contributed by atoms with van der Waals surface area (Å²) in [7, 11) is 0. The molecule has 0 saturated carbocycles. The molecule has 0 radical (unpaired) electrons. The van der Waals surface area contributed by atoms with Gasteiger partial charge >= 0.3 is 0 Å². The van der Waals surface area contributed by atoms with Crippen molar-refractivity contribution in [3.05, 3.63) is 46.6 Å². The molecule has 3 aromatic rings. The molecule has 15 nitrogen and oxygen atoms in total. The van der Waals surface area contributed by atoms with Crippen LogP contribution in [0.1, 0.15) is 20.8 Å². The molecule has 7 N–H and O–H groups in total. The van der Waals surface area contributed by atoms with E-state index < -0.39 is 95.1 Å². The highest BCUT2D eigenvalue weighted by atomic mass is 16.7. The van der Waals surface area contributed by atoms with Gasteiger partial charge in [0.2, 0.25) is 23.8 Å². The summed E-state index contributed by atoms with van der Waals surface area (Å²) in [6.45, 7) is 3.68. The third kappa shape index (κ3) is 5.98. The number of Topliss-reactive ketones (excluding diaryl/α,β-unsaturated/α-hetero) is 2. The first kappa shape index (κ1) is 32.3. The van der Waals surface area contributed by atoms with Gasteiger partial charge in [-0.2, -0.15) is 0 Å². The monoisotopic (exact) mass is 632 g/mol. The number of rotatable bonds is 7. The summed E-state index contributed by atoms with van der Waals surface area (Å²) in [5.74, 6) is -5.97. The van der Waals surface area contributed by atoms with Crippen molar-refractivity contribution in [2.45, 2.75) is 70.2 Å². The molecule has 242 valence electrons. The van der Waals surface area contributed by atoms with Crippen molar-refractivity contribution >= 4 is 22.5 Å². The van der Waals surface area contributed by atoms with Crippen LogP contribution < -0.4 is 14.9 Å². The Morgan fingerprint density at radius 2 is 1.40 bits per heavy atom. The molecule has 15 heteroatoms. The zero-order valence-corrected chi connectivity index (χ0v) is 24.1. The van der Waals surface area contributed by atoms with Crippen LogP contribution >= 0.6 is 0 Å². The van der Waals surface area contributed by atoms with E-state index in [0.29, 0.717) is 0 Å². The molecule has 0 aliphatic carbocycles. The van der Waals surface area contributed by atoms with Crippen LogP contribution in [-0.4, -0.2) is 96.7 Å². The number of carbonyl (C=O) groups is 2. The molecule has 0 spiro atoms. The molecule has 1 aromatic heterocycles. The van der Waals surface area contributed by atoms with E-state index in [0.717, 1.165) is 19.9 Å². The molecule has 2 saturated heterocycles. The van der Waals surface area contributed by atoms with Crippen LogP contribution in [0.3, 0.4) is 0 Å². The van der Waals surface area contributed by atoms with Crippen molar-refractivity contribution in [2.24, 2.45) is 11.8 Å². The van der Waals surface area contributed by atoms with Crippen LogP contribution in [0.15, 0.2) is 45.6 Å². The van der Waals surface area contributed by atoms with Gasteiger partial charge in [-0.05, 0) is 45.0 Å². The number of hydrogen-bond donors (Lipinski definition) is 7. The van der Waals surface area contributed by atoms with E-state index in [1.807, 2.05) is 0 Å². The molecule has 10 unspecified atom stereocenters. The Kier molecular flexibility index (Phi) is 8.88. The predicted octanol–water partition coefficient (Wildman–Crippen LogP) is -0.0977. The van der Waals surface area contributed by atoms with Gasteiger partial charge in [0.25, 0.3) is 0 Å². The van der Waals surface area contributed by atoms with Crippen molar-refractivity contribution in [1.82, 2.24) is 0 Å². The molecule has 2 aliphatic rings. The molecule has 0 amide bonds. The molecule has 45 heavy (non-hydrogen) atoms. The minimum absolute atomic E-state index is 0.126. The summed E-state index contributed by atoms with van der Waals surface area (Å²) in [6.07, 6.45) is -12.6. The average Bonchev–Trinajstić information content (AvgIpc) is 2.97. The average molecular weight is 633 g/mol. The maximum absolute atomic E-state index is 13.9. The van der Waals surface area contributed by atoms with Crippen molar-refractivity contribution in [1.29, 1.82) is 0 Å². The van der Waals surface area contributed by atoms with Gasteiger partial charge < -0.3 is 59.1 Å². The summed E-state index contributed by atoms with van der Waals surface area (Å²) in [4.78, 5) is 38.4. The highest BCUT2D eigenvalue weighted by Crippen LogP contribution is 2.39. The number of carbonyl (C=O) groups excluding carboxylic acids is 2. The van der Waals surface area contributed by atoms with Gasteiger partial charge in [-0.1, -0.05) is 0 Å². The number of aliphatic hydroxyl groups is 5. The van der Waals surface area contributed by atoms with Crippen LogP contribution in [0.5, 0.6) is 23.0 Å². The van der Waals surface area contributed by atoms with Crippen LogP contribution in [0.25, 0.3) is 22.3 Å². The van der Waals surface area contributed by atoms with E-state index in [4.69, 9.17) is 23.4 Å². The second-order valence-electron chi connectivity index (χ2n) is 11.0. The van der Waals surface area contributed by atoms with E-state index in [9.17, 15) is 50.1 Å². The zero-order valence-electron chi connectivity index (χ0n) is 24.1. The second-order valence-corrected chi connectivity index (χ2v) is 11.0. The van der Waals surface area contributed by atoms with E-state index in [1.54, 1.807) is 0 Å². The quantitative estimate of drug-likeness (QED) is 0.180. The lowest BCUT2D eigenvalue weighted by atomic mass is 9.79. The normalized spacial score (nSPS) is 31.8. The van der Waals surface area contributed by atoms with Gasteiger partial charge in [0.1, 0.15) is 64.2 Å². The van der Waals surface area contributed by atoms with E-state index >= 15 is 0 Å². The fraction of sp³-hybridized carbons (Fsp3) is 0.433. The molecule has 3 heterocycles. The third-order valence-electron chi connectivity index (χ3n) is 7.88. The third-order valence-corrected chi connectivity index (χ3v) is 7.88. The molecule has 2 fully saturated rings. The summed E-state index contributed by atoms with van der Waals surface area (Å²) >= 11 is 0. The summed E-state index contributed by atoms with van der Waals surface area (Å²) in [6, 6.07) is 7.47. The van der Waals surface area contributed by atoms with Crippen LogP contribution in [-0.2, 0) is 19.1 Å². The Morgan fingerprint density at radius 3 is 2.02 bits per heavy atom. The fourth-order valence-electron chi connectivity index (χ4n) is 5.50. The van der Waals surface area contributed by atoms with Crippen LogP contribution in [0, 0.1) is 11.8 Å². The maximum atomic E-state index is 13.9. The molecule has 2 aliphatic heterocycles. The van der Waals surface area contributed by atoms with Gasteiger partial charge in [-0.25, -0.2) is 0 Å². The smallest absolute Gasteiger partial charge is 0.239 e. The molecular weight excluding hydrogens is 600 g/mol. The van der Waals surface area contributed by atoms with Gasteiger partial charge in [-0.3, -0.25) is 14.4 Å². The van der Waals surface area contributed by atoms with E-state index in [2.05, 4.69) is 0 Å². The molecule has 0 bridgehead atoms. The van der Waals surface area contributed by atoms with Crippen molar-refractivity contribution in [2.75, 3.05) is 0 Å². The number of phenols is 2. The summed E-state index contributed by atoms with van der Waals surface area (Å²) in [5.41, 5.74) is -1.07. The highest BCUT2D eigenvalue weighted by Gasteiger charge is 2.50. The number of ketones is 2. The van der Waals surface area contributed by atoms with Crippen LogP contribution in [0.4, 0.5) is 0 Å². The lowest BCUT2D eigenvalue weighted by Crippen LogP contribution is -2.58. The Bertz CT molecular complexity index is 1650. The van der Waals surface area contributed by atoms with Crippen LogP contribution in [0.2, 0.25) is 0 Å². The Labute approximate surface area is 254 Å². The number of hydrogen-bond acceptors (Lipinski definition) is 15. The number of fused-ring (bicyclic) bond motifs is 1. The van der Waals surface area contributed by atoms with Gasteiger partial charge in [0.15, 0.2) is 12.1 Å². The highest BCUT2D eigenvalue weighted by molar-refractivity contribution is 5.89. The number of aromatic hydroxyl groups is 2. The van der Waals surface area contributed by atoms with Gasteiger partial charge in [-0.15, -0.1) is 0 Å². The predicted molar refractivity (Wildman–Crippen MR) is 150 cm³/mol. The molecular formula is C30H32O15. The molecule has 2 aromatic carbocycles. The number of aliphatic hydroxyl groups excluding tert-OH is 5. The number of phenolic OH excluding ortho intramolecular Hbond substituents is 2. The Hall–Kier alpha value is -4.09. The zero-order chi connectivity index (χ0) is 32.9. The Balaban J connectivity index is 1.59. The lowest BCUT2D eigenvalue weighted by molar-refractivity contribution is -0.288. The number of ether oxygens (including phenoxy) is 4. The summed E-state index contributed by atoms with van der Waals surface area (Å²) in [5, 5.41) is 72.2. The SMILES string of the molecule is CC(=O)C1C(O)OC(Oc2c(-c3ccc(O)cc3)oc3cc(OC4OC(C)C(O)C(O)C4O)cc(O)c3c2=O)C(O)C1C(C)=O. The first-order valence-electron chi connectivity index (χ1n) is 13.9. The number of benzene rings is 2. The fourth-order valence-corrected chi connectivity index (χ4v) is 5.50. The van der Waals surface area contributed by atoms with Crippen molar-refractivity contribution < 1.29 is 68.7 Å². The first-order chi connectivity index (χ1) is 21.2.